The van der Waals surface area contributed by atoms with Crippen LogP contribution in [0.2, 0.25) is 0 Å². The molecule has 7 nitrogen and oxygen atoms in total. The number of nitrogens with one attached hydrogen (secondary N) is 3. The maximum Gasteiger partial charge on any atom is 0.269 e. The molecule has 6 rings (SSSR count). The molecule has 2 aromatic rings. The molecular formula is C21H26N6O. The van der Waals surface area contributed by atoms with Gasteiger partial charge in [0.2, 0.25) is 0 Å². The van der Waals surface area contributed by atoms with Crippen LogP contribution >= 0.6 is 0 Å². The Morgan fingerprint density at radius 2 is 1.57 bits per heavy atom. The van der Waals surface area contributed by atoms with E-state index in [0.29, 0.717) is 22.9 Å². The lowest BCUT2D eigenvalue weighted by molar-refractivity contribution is 0.0106. The molecule has 7 heteroatoms. The van der Waals surface area contributed by atoms with Crippen LogP contribution in [0.4, 0.5) is 17.3 Å². The van der Waals surface area contributed by atoms with Gasteiger partial charge in [-0.05, 0) is 68.4 Å². The fraction of sp³-hybridized carbons (Fsp3) is 0.476. The van der Waals surface area contributed by atoms with Crippen LogP contribution in [-0.4, -0.2) is 21.4 Å². The predicted molar refractivity (Wildman–Crippen MR) is 109 cm³/mol. The molecule has 1 aromatic carbocycles. The van der Waals surface area contributed by atoms with Gasteiger partial charge in [-0.1, -0.05) is 18.2 Å². The SMILES string of the molecule is Nc1c(NNC(=O)c2ccccc2)ncnc1NC12CC3CC(CC(C3)C1)C2. The lowest BCUT2D eigenvalue weighted by Gasteiger charge is -2.57. The first-order valence-electron chi connectivity index (χ1n) is 10.1. The number of rotatable bonds is 5. The summed E-state index contributed by atoms with van der Waals surface area (Å²) in [6.45, 7) is 0. The van der Waals surface area contributed by atoms with Gasteiger partial charge >= 0.3 is 0 Å². The van der Waals surface area contributed by atoms with Gasteiger partial charge in [-0.15, -0.1) is 0 Å². The highest BCUT2D eigenvalue weighted by molar-refractivity contribution is 5.95. The number of nitrogens with zero attached hydrogens (tertiary/aromatic N) is 2. The first-order valence-corrected chi connectivity index (χ1v) is 10.1. The van der Waals surface area contributed by atoms with Crippen molar-refractivity contribution in [1.82, 2.24) is 15.4 Å². The Hall–Kier alpha value is -2.83. The highest BCUT2D eigenvalue weighted by Crippen LogP contribution is 2.56. The summed E-state index contributed by atoms with van der Waals surface area (Å²) in [5, 5.41) is 3.69. The lowest BCUT2D eigenvalue weighted by atomic mass is 9.53. The number of aromatic nitrogens is 2. The van der Waals surface area contributed by atoms with Gasteiger partial charge in [0, 0.05) is 11.1 Å². The zero-order valence-corrected chi connectivity index (χ0v) is 15.8. The smallest absolute Gasteiger partial charge is 0.269 e. The summed E-state index contributed by atoms with van der Waals surface area (Å²) >= 11 is 0. The monoisotopic (exact) mass is 378 g/mol. The van der Waals surface area contributed by atoms with Crippen LogP contribution in [0.1, 0.15) is 48.9 Å². The summed E-state index contributed by atoms with van der Waals surface area (Å²) in [6.07, 6.45) is 9.26. The highest BCUT2D eigenvalue weighted by Gasteiger charge is 2.51. The average molecular weight is 378 g/mol. The Kier molecular flexibility index (Phi) is 4.10. The zero-order valence-electron chi connectivity index (χ0n) is 15.8. The standard InChI is InChI=1S/C21H26N6O/c22-17-18(25-21-9-13-6-14(10-21)8-15(7-13)11-21)23-12-24-19(17)26-27-20(28)16-4-2-1-3-5-16/h1-5,12-15H,6-11,22H2,(H,27,28)(H2,23,24,25,26). The summed E-state index contributed by atoms with van der Waals surface area (Å²) in [6, 6.07) is 9.01. The van der Waals surface area contributed by atoms with Crippen molar-refractivity contribution in [3.05, 3.63) is 42.2 Å². The molecule has 5 N–H and O–H groups in total. The van der Waals surface area contributed by atoms with Crippen LogP contribution in [0.25, 0.3) is 0 Å². The molecule has 28 heavy (non-hydrogen) atoms. The quantitative estimate of drug-likeness (QED) is 0.596. The highest BCUT2D eigenvalue weighted by atomic mass is 16.2. The lowest BCUT2D eigenvalue weighted by Crippen LogP contribution is -2.55. The van der Waals surface area contributed by atoms with Gasteiger partial charge in [-0.25, -0.2) is 9.97 Å². The third kappa shape index (κ3) is 3.15. The second-order valence-electron chi connectivity index (χ2n) is 8.75. The Bertz CT molecular complexity index is 848. The van der Waals surface area contributed by atoms with E-state index in [0.717, 1.165) is 17.8 Å². The number of nitrogen functional groups attached to an aromatic ring is 1. The van der Waals surface area contributed by atoms with E-state index in [4.69, 9.17) is 5.73 Å². The molecular weight excluding hydrogens is 352 g/mol. The Labute approximate surface area is 164 Å². The maximum atomic E-state index is 12.2. The van der Waals surface area contributed by atoms with E-state index in [2.05, 4.69) is 26.1 Å². The number of amides is 1. The van der Waals surface area contributed by atoms with Gasteiger partial charge in [0.05, 0.1) is 0 Å². The number of benzene rings is 1. The van der Waals surface area contributed by atoms with Gasteiger partial charge in [-0.2, -0.15) is 0 Å². The van der Waals surface area contributed by atoms with Crippen molar-refractivity contribution in [2.24, 2.45) is 17.8 Å². The van der Waals surface area contributed by atoms with Crippen molar-refractivity contribution in [2.45, 2.75) is 44.1 Å². The topological polar surface area (TPSA) is 105 Å². The number of hydrogen-bond acceptors (Lipinski definition) is 6. The van der Waals surface area contributed by atoms with E-state index in [-0.39, 0.29) is 11.4 Å². The Morgan fingerprint density at radius 3 is 2.21 bits per heavy atom. The van der Waals surface area contributed by atoms with Gasteiger partial charge in [0.25, 0.3) is 5.91 Å². The van der Waals surface area contributed by atoms with E-state index in [1.165, 1.54) is 44.9 Å². The number of hydrogen-bond donors (Lipinski definition) is 4. The van der Waals surface area contributed by atoms with Gasteiger partial charge in [0.15, 0.2) is 11.6 Å². The van der Waals surface area contributed by atoms with Crippen molar-refractivity contribution >= 4 is 23.2 Å². The number of hydrazine groups is 1. The molecule has 1 amide bonds. The normalized spacial score (nSPS) is 30.1. The molecule has 0 radical (unpaired) electrons. The largest absolute Gasteiger partial charge is 0.393 e. The van der Waals surface area contributed by atoms with Gasteiger partial charge in [-0.3, -0.25) is 15.6 Å². The summed E-state index contributed by atoms with van der Waals surface area (Å²) in [7, 11) is 0. The molecule has 0 unspecified atom stereocenters. The Balaban J connectivity index is 1.30. The molecule has 4 fully saturated rings. The van der Waals surface area contributed by atoms with Crippen molar-refractivity contribution in [2.75, 3.05) is 16.5 Å². The summed E-state index contributed by atoms with van der Waals surface area (Å²) in [5.74, 6) is 3.34. The molecule has 146 valence electrons. The van der Waals surface area contributed by atoms with Crippen LogP contribution in [0, 0.1) is 17.8 Å². The molecule has 4 saturated carbocycles. The van der Waals surface area contributed by atoms with Gasteiger partial charge in [0.1, 0.15) is 12.0 Å². The minimum absolute atomic E-state index is 0.113. The maximum absolute atomic E-state index is 12.2. The van der Waals surface area contributed by atoms with Crippen molar-refractivity contribution in [3.8, 4) is 0 Å². The summed E-state index contributed by atoms with van der Waals surface area (Å²) < 4.78 is 0. The summed E-state index contributed by atoms with van der Waals surface area (Å²) in [5.41, 5.74) is 12.9. The number of carbonyl (C=O) groups excluding carboxylic acids is 1. The van der Waals surface area contributed by atoms with E-state index in [1.54, 1.807) is 12.1 Å². The minimum atomic E-state index is -0.241. The van der Waals surface area contributed by atoms with Gasteiger partial charge < -0.3 is 11.1 Å². The second kappa shape index (κ2) is 6.65. The molecule has 0 spiro atoms. The van der Waals surface area contributed by atoms with Crippen LogP contribution < -0.4 is 21.9 Å². The molecule has 0 atom stereocenters. The molecule has 1 aromatic heterocycles. The van der Waals surface area contributed by atoms with Crippen LogP contribution in [0.15, 0.2) is 36.7 Å². The first-order chi connectivity index (χ1) is 13.6. The second-order valence-corrected chi connectivity index (χ2v) is 8.75. The predicted octanol–water partition coefficient (Wildman–Crippen LogP) is 3.20. The van der Waals surface area contributed by atoms with Crippen LogP contribution in [-0.2, 0) is 0 Å². The number of anilines is 3. The average Bonchev–Trinajstić information content (AvgIpc) is 2.68. The third-order valence-electron chi connectivity index (χ3n) is 6.64. The molecule has 0 aliphatic heterocycles. The Morgan fingerprint density at radius 1 is 0.964 bits per heavy atom. The van der Waals surface area contributed by atoms with E-state index in [1.807, 2.05) is 18.2 Å². The van der Waals surface area contributed by atoms with Crippen molar-refractivity contribution in [3.63, 3.8) is 0 Å². The van der Waals surface area contributed by atoms with Crippen molar-refractivity contribution in [1.29, 1.82) is 0 Å². The molecule has 0 saturated heterocycles. The molecule has 1 heterocycles. The van der Waals surface area contributed by atoms with Crippen LogP contribution in [0.5, 0.6) is 0 Å². The fourth-order valence-electron chi connectivity index (χ4n) is 5.89. The minimum Gasteiger partial charge on any atom is -0.393 e. The fourth-order valence-corrected chi connectivity index (χ4v) is 5.89. The van der Waals surface area contributed by atoms with E-state index >= 15 is 0 Å². The molecule has 4 aliphatic carbocycles. The third-order valence-corrected chi connectivity index (χ3v) is 6.64. The van der Waals surface area contributed by atoms with Crippen molar-refractivity contribution < 1.29 is 4.79 Å². The summed E-state index contributed by atoms with van der Waals surface area (Å²) in [4.78, 5) is 20.8. The zero-order chi connectivity index (χ0) is 19.1. The van der Waals surface area contributed by atoms with E-state index < -0.39 is 0 Å². The first kappa shape index (κ1) is 17.3. The number of nitrogens with two attached hydrogens (primary N) is 1. The van der Waals surface area contributed by atoms with E-state index in [9.17, 15) is 4.79 Å². The molecule has 4 aliphatic rings. The molecule has 4 bridgehead atoms. The van der Waals surface area contributed by atoms with Crippen LogP contribution in [0.3, 0.4) is 0 Å². The number of carbonyl (C=O) groups is 1.